The first-order valence-corrected chi connectivity index (χ1v) is 10.6. The van der Waals surface area contributed by atoms with Crippen LogP contribution in [0.5, 0.6) is 0 Å². The quantitative estimate of drug-likeness (QED) is 0.229. The molecule has 6 nitrogen and oxygen atoms in total. The number of amides is 1. The van der Waals surface area contributed by atoms with Crippen molar-refractivity contribution in [3.8, 4) is 0 Å². The van der Waals surface area contributed by atoms with E-state index in [1.165, 1.54) is 0 Å². The minimum absolute atomic E-state index is 0.0303. The zero-order chi connectivity index (χ0) is 21.4. The summed E-state index contributed by atoms with van der Waals surface area (Å²) in [7, 11) is 1.79. The number of halogens is 1. The predicted molar refractivity (Wildman–Crippen MR) is 127 cm³/mol. The van der Waals surface area contributed by atoms with Gasteiger partial charge in [-0.15, -0.1) is 0 Å². The highest BCUT2D eigenvalue weighted by atomic mass is 127. The normalized spacial score (nSPS) is 12.7. The average Bonchev–Trinajstić information content (AvgIpc) is 2.67. The Morgan fingerprint density at radius 1 is 1.31 bits per heavy atom. The summed E-state index contributed by atoms with van der Waals surface area (Å²) in [6, 6.07) is 13.9. The zero-order valence-corrected chi connectivity index (χ0v) is 19.6. The first-order chi connectivity index (χ1) is 13.8. The molecule has 0 radical (unpaired) electrons. The first-order valence-electron chi connectivity index (χ1n) is 9.55. The molecule has 0 fully saturated rings. The van der Waals surface area contributed by atoms with Gasteiger partial charge in [-0.05, 0) is 66.6 Å². The standard InChI is InChI=1S/C22H29IN4O2/c1-15-7-5-10-21(25-22(28)16(2)11-12-27(4)24)20(15)14-29-26-17(3)18-8-6-9-19(23)13-18/h5-10,13,16H,11-12,14,24H2,1-4H3,(H,25,28)/b26-17+. The number of hydrazine groups is 1. The van der Waals surface area contributed by atoms with Crippen LogP contribution in [0.2, 0.25) is 0 Å². The molecule has 2 aromatic carbocycles. The molecule has 3 N–H and O–H groups in total. The maximum Gasteiger partial charge on any atom is 0.227 e. The number of carbonyl (C=O) groups excluding carboxylic acids is 1. The largest absolute Gasteiger partial charge is 0.391 e. The number of benzene rings is 2. The number of hydrogen-bond acceptors (Lipinski definition) is 5. The molecule has 1 amide bonds. The molecule has 0 saturated carbocycles. The summed E-state index contributed by atoms with van der Waals surface area (Å²) >= 11 is 2.27. The van der Waals surface area contributed by atoms with Crippen molar-refractivity contribution in [3.63, 3.8) is 0 Å². The van der Waals surface area contributed by atoms with Crippen molar-refractivity contribution in [1.29, 1.82) is 0 Å². The molecule has 1 atom stereocenters. The number of nitrogens with two attached hydrogens (primary N) is 1. The molecule has 0 aromatic heterocycles. The molecular weight excluding hydrogens is 479 g/mol. The summed E-state index contributed by atoms with van der Waals surface area (Å²) in [5.41, 5.74) is 4.55. The molecule has 2 rings (SSSR count). The van der Waals surface area contributed by atoms with Crippen molar-refractivity contribution < 1.29 is 9.63 Å². The van der Waals surface area contributed by atoms with Crippen LogP contribution in [-0.4, -0.2) is 30.2 Å². The molecule has 0 aliphatic carbocycles. The molecule has 2 aromatic rings. The van der Waals surface area contributed by atoms with Crippen molar-refractivity contribution in [2.75, 3.05) is 18.9 Å². The lowest BCUT2D eigenvalue weighted by Gasteiger charge is -2.17. The minimum atomic E-state index is -0.143. The summed E-state index contributed by atoms with van der Waals surface area (Å²) in [5.74, 6) is 5.47. The van der Waals surface area contributed by atoms with Crippen LogP contribution in [-0.2, 0) is 16.2 Å². The van der Waals surface area contributed by atoms with Gasteiger partial charge in [0.05, 0.1) is 5.71 Å². The fourth-order valence-corrected chi connectivity index (χ4v) is 3.30. The van der Waals surface area contributed by atoms with Gasteiger partial charge in [-0.1, -0.05) is 36.3 Å². The Kier molecular flexibility index (Phi) is 9.06. The molecule has 0 bridgehead atoms. The molecule has 156 valence electrons. The van der Waals surface area contributed by atoms with E-state index >= 15 is 0 Å². The Morgan fingerprint density at radius 3 is 2.72 bits per heavy atom. The molecule has 7 heteroatoms. The number of nitrogens with one attached hydrogen (secondary N) is 1. The Labute approximate surface area is 186 Å². The van der Waals surface area contributed by atoms with Gasteiger partial charge in [0, 0.05) is 39.9 Å². The third kappa shape index (κ3) is 7.41. The van der Waals surface area contributed by atoms with Crippen molar-refractivity contribution in [1.82, 2.24) is 5.01 Å². The van der Waals surface area contributed by atoms with Crippen LogP contribution in [0.25, 0.3) is 0 Å². The topological polar surface area (TPSA) is 80.0 Å². The van der Waals surface area contributed by atoms with Gasteiger partial charge in [0.2, 0.25) is 5.91 Å². The average molecular weight is 508 g/mol. The number of nitrogens with zero attached hydrogens (tertiary/aromatic N) is 2. The van der Waals surface area contributed by atoms with Crippen LogP contribution in [0, 0.1) is 16.4 Å². The fourth-order valence-electron chi connectivity index (χ4n) is 2.76. The maximum atomic E-state index is 12.5. The Hall–Kier alpha value is -1.97. The second kappa shape index (κ2) is 11.3. The van der Waals surface area contributed by atoms with E-state index in [0.717, 1.165) is 31.7 Å². The van der Waals surface area contributed by atoms with E-state index in [2.05, 4.69) is 39.1 Å². The van der Waals surface area contributed by atoms with Crippen LogP contribution >= 0.6 is 22.6 Å². The summed E-state index contributed by atoms with van der Waals surface area (Å²) in [6.07, 6.45) is 0.690. The van der Waals surface area contributed by atoms with E-state index in [4.69, 9.17) is 10.7 Å². The van der Waals surface area contributed by atoms with E-state index in [1.54, 1.807) is 12.1 Å². The maximum absolute atomic E-state index is 12.5. The highest BCUT2D eigenvalue weighted by Crippen LogP contribution is 2.22. The SMILES string of the molecule is C/C(=N\OCc1c(C)cccc1NC(=O)C(C)CCN(C)N)c1cccc(I)c1. The zero-order valence-electron chi connectivity index (χ0n) is 17.4. The van der Waals surface area contributed by atoms with Gasteiger partial charge in [0.25, 0.3) is 0 Å². The van der Waals surface area contributed by atoms with Gasteiger partial charge >= 0.3 is 0 Å². The molecule has 0 heterocycles. The Balaban J connectivity index is 2.06. The number of hydrogen-bond donors (Lipinski definition) is 2. The summed E-state index contributed by atoms with van der Waals surface area (Å²) in [6.45, 7) is 6.76. The lowest BCUT2D eigenvalue weighted by molar-refractivity contribution is -0.119. The first kappa shape index (κ1) is 23.3. The number of carbonyl (C=O) groups is 1. The molecule has 0 aliphatic heterocycles. The van der Waals surface area contributed by atoms with E-state index in [1.807, 2.05) is 57.2 Å². The third-order valence-corrected chi connectivity index (χ3v) is 5.35. The van der Waals surface area contributed by atoms with Crippen molar-refractivity contribution in [3.05, 3.63) is 62.7 Å². The smallest absolute Gasteiger partial charge is 0.227 e. The summed E-state index contributed by atoms with van der Waals surface area (Å²) < 4.78 is 1.15. The van der Waals surface area contributed by atoms with E-state index in [0.29, 0.717) is 13.0 Å². The van der Waals surface area contributed by atoms with E-state index in [9.17, 15) is 4.79 Å². The van der Waals surface area contributed by atoms with Gasteiger partial charge in [0.15, 0.2) is 0 Å². The molecule has 0 spiro atoms. The van der Waals surface area contributed by atoms with Gasteiger partial charge in [-0.3, -0.25) is 15.6 Å². The number of aryl methyl sites for hydroxylation is 1. The van der Waals surface area contributed by atoms with Crippen LogP contribution in [0.1, 0.15) is 37.0 Å². The van der Waals surface area contributed by atoms with Crippen LogP contribution in [0.3, 0.4) is 0 Å². The minimum Gasteiger partial charge on any atom is -0.391 e. The Bertz CT molecular complexity index is 868. The van der Waals surface area contributed by atoms with Crippen LogP contribution < -0.4 is 11.2 Å². The molecule has 0 aliphatic rings. The van der Waals surface area contributed by atoms with Crippen molar-refractivity contribution in [2.24, 2.45) is 16.9 Å². The van der Waals surface area contributed by atoms with Gasteiger partial charge in [-0.25, -0.2) is 0 Å². The lowest BCUT2D eigenvalue weighted by Crippen LogP contribution is -2.30. The van der Waals surface area contributed by atoms with Gasteiger partial charge in [0.1, 0.15) is 6.61 Å². The van der Waals surface area contributed by atoms with Crippen LogP contribution in [0.15, 0.2) is 47.6 Å². The molecule has 29 heavy (non-hydrogen) atoms. The summed E-state index contributed by atoms with van der Waals surface area (Å²) in [4.78, 5) is 18.2. The molecular formula is C22H29IN4O2. The Morgan fingerprint density at radius 2 is 2.03 bits per heavy atom. The molecule has 0 saturated heterocycles. The lowest BCUT2D eigenvalue weighted by atomic mass is 10.0. The highest BCUT2D eigenvalue weighted by molar-refractivity contribution is 14.1. The second-order valence-corrected chi connectivity index (χ2v) is 8.47. The monoisotopic (exact) mass is 508 g/mol. The highest BCUT2D eigenvalue weighted by Gasteiger charge is 2.16. The third-order valence-electron chi connectivity index (χ3n) is 4.68. The van der Waals surface area contributed by atoms with E-state index in [-0.39, 0.29) is 18.4 Å². The van der Waals surface area contributed by atoms with Crippen molar-refractivity contribution in [2.45, 2.75) is 33.8 Å². The van der Waals surface area contributed by atoms with Crippen molar-refractivity contribution >= 4 is 39.9 Å². The second-order valence-electron chi connectivity index (χ2n) is 7.22. The van der Waals surface area contributed by atoms with Gasteiger partial charge < -0.3 is 10.2 Å². The number of rotatable bonds is 9. The predicted octanol–water partition coefficient (Wildman–Crippen LogP) is 4.31. The van der Waals surface area contributed by atoms with E-state index < -0.39 is 0 Å². The van der Waals surface area contributed by atoms with Gasteiger partial charge in [-0.2, -0.15) is 0 Å². The number of anilines is 1. The van der Waals surface area contributed by atoms with Crippen LogP contribution in [0.4, 0.5) is 5.69 Å². The fraction of sp³-hybridized carbons (Fsp3) is 0.364. The molecule has 1 unspecified atom stereocenters. The summed E-state index contributed by atoms with van der Waals surface area (Å²) in [5, 5.41) is 8.87. The number of oxime groups is 1.